The number of piperazine rings is 2. The van der Waals surface area contributed by atoms with Gasteiger partial charge in [0.15, 0.2) is 0 Å². The van der Waals surface area contributed by atoms with Crippen LogP contribution in [0.5, 0.6) is 0 Å². The number of sulfonamides is 2. The number of aliphatic imine (C=N–C) groups is 1. The molecule has 4 atom stereocenters. The Morgan fingerprint density at radius 2 is 1.24 bits per heavy atom. The van der Waals surface area contributed by atoms with Crippen LogP contribution in [0.25, 0.3) is 0 Å². The Kier molecular flexibility index (Phi) is 30.4. The Labute approximate surface area is 494 Å². The molecule has 4 fully saturated rings. The molecule has 5 heterocycles. The van der Waals surface area contributed by atoms with Crippen molar-refractivity contribution in [3.05, 3.63) is 69.7 Å². The molecule has 4 aliphatic rings. The average Bonchev–Trinajstić information content (AvgIpc) is 3.72. The fourth-order valence-corrected chi connectivity index (χ4v) is 11.6. The van der Waals surface area contributed by atoms with E-state index in [9.17, 15) is 16.8 Å². The molecule has 4 aliphatic heterocycles. The normalized spacial score (nSPS) is 22.1. The fourth-order valence-electron chi connectivity index (χ4n) is 8.99. The summed E-state index contributed by atoms with van der Waals surface area (Å²) in [6.45, 7) is 13.1. The van der Waals surface area contributed by atoms with Crippen molar-refractivity contribution in [3.8, 4) is 6.19 Å². The van der Waals surface area contributed by atoms with Gasteiger partial charge >= 0.3 is 103 Å². The molecule has 0 radical (unpaired) electrons. The number of aromatic amines is 1. The van der Waals surface area contributed by atoms with Gasteiger partial charge in [-0.2, -0.15) is 23.8 Å². The Hall–Kier alpha value is -0.677. The molecular weight excluding hydrogens is 998 g/mol. The van der Waals surface area contributed by atoms with E-state index in [1.54, 1.807) is 8.61 Å². The second kappa shape index (κ2) is 31.7. The summed E-state index contributed by atoms with van der Waals surface area (Å²) < 4.78 is 52.5. The molecule has 2 unspecified atom stereocenters. The molecular formula is C42H66Cl2K2N12O7S2. The van der Waals surface area contributed by atoms with Gasteiger partial charge in [0.1, 0.15) is 0 Å². The summed E-state index contributed by atoms with van der Waals surface area (Å²) in [6, 6.07) is 16.9. The van der Waals surface area contributed by atoms with Crippen LogP contribution in [0.15, 0.2) is 53.5 Å². The van der Waals surface area contributed by atoms with E-state index in [1.165, 1.54) is 24.3 Å². The second-order valence-corrected chi connectivity index (χ2v) is 21.1. The first kappa shape index (κ1) is 64.3. The summed E-state index contributed by atoms with van der Waals surface area (Å²) in [4.78, 5) is 25.5. The maximum absolute atomic E-state index is 12.4. The molecule has 4 N–H and O–H groups in total. The van der Waals surface area contributed by atoms with Crippen LogP contribution in [-0.2, 0) is 42.6 Å². The predicted molar refractivity (Wildman–Crippen MR) is 255 cm³/mol. The minimum atomic E-state index is -3.26. The van der Waals surface area contributed by atoms with Crippen molar-refractivity contribution in [1.82, 2.24) is 38.9 Å². The molecule has 1 aromatic heterocycles. The fraction of sp³-hybridized carbons (Fsp3) is 0.595. The van der Waals surface area contributed by atoms with E-state index in [4.69, 9.17) is 44.2 Å². The van der Waals surface area contributed by atoms with Crippen molar-refractivity contribution in [2.75, 3.05) is 75.5 Å². The molecule has 4 saturated heterocycles. The van der Waals surface area contributed by atoms with Crippen LogP contribution in [0.2, 0.25) is 10.0 Å². The molecule has 0 bridgehead atoms. The molecule has 0 saturated carbocycles. The van der Waals surface area contributed by atoms with E-state index >= 15 is 0 Å². The molecule has 19 nitrogen and oxygen atoms in total. The van der Waals surface area contributed by atoms with Gasteiger partial charge in [-0.25, -0.2) is 21.9 Å². The first-order valence-electron chi connectivity index (χ1n) is 21.0. The zero-order chi connectivity index (χ0) is 47.0. The first-order chi connectivity index (χ1) is 30.4. The van der Waals surface area contributed by atoms with Crippen LogP contribution < -0.4 is 124 Å². The smallest absolute Gasteiger partial charge is 1.00 e. The number of hydrogen-bond acceptors (Lipinski definition) is 16. The molecule has 25 heteroatoms. The molecule has 0 spiro atoms. The number of benzene rings is 2. The number of aromatic nitrogens is 3. The maximum atomic E-state index is 12.4. The maximum Gasteiger partial charge on any atom is 1.00 e. The van der Waals surface area contributed by atoms with Crippen molar-refractivity contribution in [2.24, 2.45) is 4.99 Å². The number of nitrogens with zero attached hydrogens (tertiary/aromatic N) is 9. The summed E-state index contributed by atoms with van der Waals surface area (Å²) in [6.07, 6.45) is 9.90. The number of rotatable bonds is 10. The van der Waals surface area contributed by atoms with E-state index in [1.807, 2.05) is 62.4 Å². The van der Waals surface area contributed by atoms with Gasteiger partial charge in [0, 0.05) is 92.3 Å². The number of anilines is 2. The Balaban J connectivity index is 0.00000110. The first-order valence-corrected chi connectivity index (χ1v) is 25.5. The Morgan fingerprint density at radius 3 is 1.57 bits per heavy atom. The number of nitrogens with one attached hydrogen (secondary N) is 2. The number of hydrogen-bond donors (Lipinski definition) is 3. The summed E-state index contributed by atoms with van der Waals surface area (Å²) >= 11 is 12.1. The summed E-state index contributed by atoms with van der Waals surface area (Å²) in [5.41, 5.74) is 8.04. The van der Waals surface area contributed by atoms with Gasteiger partial charge in [0.25, 0.3) is 6.47 Å². The third-order valence-electron chi connectivity index (χ3n) is 11.9. The number of nitrogen functional groups attached to an aromatic ring is 1. The minimum absolute atomic E-state index is 0. The Morgan fingerprint density at radius 1 is 0.851 bits per heavy atom. The quantitative estimate of drug-likeness (QED) is 0.0455. The molecule has 2 aromatic carbocycles. The van der Waals surface area contributed by atoms with E-state index in [0.29, 0.717) is 42.1 Å². The van der Waals surface area contributed by atoms with Crippen molar-refractivity contribution >= 4 is 68.3 Å². The van der Waals surface area contributed by atoms with Gasteiger partial charge in [-0.1, -0.05) is 54.9 Å². The number of nitrogens with two attached hydrogens (primary N) is 1. The van der Waals surface area contributed by atoms with Crippen LogP contribution in [-0.4, -0.2) is 165 Å². The van der Waals surface area contributed by atoms with E-state index in [0.717, 1.165) is 88.4 Å². The van der Waals surface area contributed by atoms with Crippen molar-refractivity contribution in [2.45, 2.75) is 96.1 Å². The summed E-state index contributed by atoms with van der Waals surface area (Å²) in [7, 11) is -6.45. The predicted octanol–water partition coefficient (Wildman–Crippen LogP) is -3.09. The van der Waals surface area contributed by atoms with Gasteiger partial charge in [0.05, 0.1) is 12.5 Å². The van der Waals surface area contributed by atoms with Crippen LogP contribution >= 0.6 is 23.2 Å². The standard InChI is InChI=1S/C20H30ClN7O2S.C18H28ClN3O2S.C2H2N2.CH2O3.CH4.2K.H/c1-14-12-27(17-7-9-26(10-8-17)20-23-19(22)24-25-20)18(13-28(14)31(2,29)30)11-15-3-5-16(21)6-4-15;1-14-12-21(17-7-9-20-10-8-17)18(13-22(14)25(2,23)24)11-15-3-5-16(19)6-4-15;1-4-2-3;2-1-4-3;;;;/h3-6,14,17-18H,7-13H2,1-2H3,(H3,22,23,24,25);3-6,14,17-18,20H,7-13H2,1-2H3;1H2;1,3H;1H4;;;/q;;;;;2*+1;-1/p-1/t;14-,18-;;;;;;/m.0....../s1. The van der Waals surface area contributed by atoms with Crippen molar-refractivity contribution in [3.63, 3.8) is 0 Å². The summed E-state index contributed by atoms with van der Waals surface area (Å²) in [5, 5.41) is 27.5. The number of carbonyl (C=O) groups excluding carboxylic acids is 1. The number of piperidine rings is 2. The average molecular weight is 1060 g/mol. The second-order valence-electron chi connectivity index (χ2n) is 16.4. The molecule has 67 heavy (non-hydrogen) atoms. The largest absolute Gasteiger partial charge is 1.00 e. The topological polar surface area (TPSA) is 250 Å². The zero-order valence-corrected chi connectivity index (χ0v) is 48.2. The number of halogens is 2. The molecule has 0 aliphatic carbocycles. The molecule has 3 aromatic rings. The van der Waals surface area contributed by atoms with Crippen molar-refractivity contribution in [1.29, 1.82) is 5.26 Å². The van der Waals surface area contributed by atoms with Crippen LogP contribution in [0.4, 0.5) is 11.9 Å². The summed E-state index contributed by atoms with van der Waals surface area (Å²) in [5.74, 6) is 0.967. The van der Waals surface area contributed by atoms with Gasteiger partial charge in [-0.3, -0.25) is 14.6 Å². The van der Waals surface area contributed by atoms with Crippen LogP contribution in [0, 0.1) is 11.5 Å². The van der Waals surface area contributed by atoms with E-state index in [2.05, 4.69) is 51.8 Å². The zero-order valence-electron chi connectivity index (χ0n) is 39.8. The Bertz CT molecular complexity index is 2190. The molecule has 0 amide bonds. The van der Waals surface area contributed by atoms with Gasteiger partial charge in [0.2, 0.25) is 38.1 Å². The molecule has 7 rings (SSSR count). The van der Waals surface area contributed by atoms with Gasteiger partial charge < -0.3 is 27.5 Å². The van der Waals surface area contributed by atoms with Gasteiger partial charge in [-0.15, -0.1) is 5.10 Å². The third kappa shape index (κ3) is 20.8. The van der Waals surface area contributed by atoms with E-state index in [-0.39, 0.29) is 142 Å². The van der Waals surface area contributed by atoms with Crippen LogP contribution in [0.1, 0.15) is 59.5 Å². The van der Waals surface area contributed by atoms with Crippen LogP contribution in [0.3, 0.4) is 0 Å². The van der Waals surface area contributed by atoms with E-state index < -0.39 is 20.0 Å². The van der Waals surface area contributed by atoms with Gasteiger partial charge in [-0.05, 0) is 101 Å². The molecule has 364 valence electrons. The monoisotopic (exact) mass is 1060 g/mol. The third-order valence-corrected chi connectivity index (χ3v) is 15.1. The number of carbonyl (C=O) groups is 1. The SMILES string of the molecule is C.C=NC#N.CC1CN(C2CCN(c3n[nH]c(N)n3)CC2)C(Cc2ccc(Cl)cc2)CN1S(C)(=O)=O.C[C@H]1CN(C2CCNCC2)[C@@H](Cc2ccc(Cl)cc2)CN1S(C)(=O)=O.O=CO[O-].[H-].[K+].[K+]. The number of nitriles is 1. The number of H-pyrrole nitrogens is 1. The minimum Gasteiger partial charge on any atom is -1.00 e. The van der Waals surface area contributed by atoms with Crippen molar-refractivity contribution < 1.29 is 136 Å².